The highest BCUT2D eigenvalue weighted by Gasteiger charge is 2.21. The molecule has 0 bridgehead atoms. The Kier molecular flexibility index (Phi) is 6.06. The van der Waals surface area contributed by atoms with Crippen LogP contribution in [0.5, 0.6) is 0 Å². The van der Waals surface area contributed by atoms with E-state index in [4.69, 9.17) is 5.73 Å². The van der Waals surface area contributed by atoms with Crippen molar-refractivity contribution in [1.82, 2.24) is 9.55 Å². The maximum Gasteiger partial charge on any atom is 0.0951 e. The fourth-order valence-corrected chi connectivity index (χ4v) is 3.01. The Morgan fingerprint density at radius 1 is 1.47 bits per heavy atom. The standard InChI is InChI=1S/C13H25N3S/c1-5-11(8-17-4)16-9-15-7-13(16)12(6-14)10(2)3/h7,9-12H,5-6,8,14H2,1-4H3. The number of rotatable bonds is 7. The summed E-state index contributed by atoms with van der Waals surface area (Å²) in [4.78, 5) is 4.32. The van der Waals surface area contributed by atoms with Crippen LogP contribution in [0.4, 0.5) is 0 Å². The fourth-order valence-electron chi connectivity index (χ4n) is 2.23. The Balaban J connectivity index is 2.97. The van der Waals surface area contributed by atoms with Gasteiger partial charge in [-0.2, -0.15) is 11.8 Å². The van der Waals surface area contributed by atoms with Crippen LogP contribution in [0.25, 0.3) is 0 Å². The highest BCUT2D eigenvalue weighted by atomic mass is 32.2. The lowest BCUT2D eigenvalue weighted by molar-refractivity contribution is 0.442. The molecule has 0 fully saturated rings. The zero-order valence-corrected chi connectivity index (χ0v) is 12.2. The number of thioether (sulfide) groups is 1. The molecule has 2 N–H and O–H groups in total. The fraction of sp³-hybridized carbons (Fsp3) is 0.769. The molecule has 1 aromatic rings. The van der Waals surface area contributed by atoms with E-state index in [1.165, 1.54) is 5.69 Å². The maximum absolute atomic E-state index is 5.90. The third-order valence-electron chi connectivity index (χ3n) is 3.36. The summed E-state index contributed by atoms with van der Waals surface area (Å²) >= 11 is 1.89. The molecule has 0 spiro atoms. The molecule has 0 aliphatic rings. The molecule has 0 aliphatic heterocycles. The van der Waals surface area contributed by atoms with Gasteiger partial charge in [-0.1, -0.05) is 20.8 Å². The zero-order chi connectivity index (χ0) is 12.8. The number of nitrogens with zero attached hydrogens (tertiary/aromatic N) is 2. The van der Waals surface area contributed by atoms with E-state index >= 15 is 0 Å². The van der Waals surface area contributed by atoms with Gasteiger partial charge in [-0.15, -0.1) is 0 Å². The molecule has 3 nitrogen and oxygen atoms in total. The van der Waals surface area contributed by atoms with E-state index in [-0.39, 0.29) is 0 Å². The third kappa shape index (κ3) is 3.49. The first-order chi connectivity index (χ1) is 8.15. The van der Waals surface area contributed by atoms with E-state index < -0.39 is 0 Å². The molecule has 1 heterocycles. The van der Waals surface area contributed by atoms with Gasteiger partial charge >= 0.3 is 0 Å². The topological polar surface area (TPSA) is 43.8 Å². The summed E-state index contributed by atoms with van der Waals surface area (Å²) in [6, 6.07) is 0.537. The second kappa shape index (κ2) is 7.07. The van der Waals surface area contributed by atoms with Crippen molar-refractivity contribution in [3.05, 3.63) is 18.2 Å². The van der Waals surface area contributed by atoms with E-state index in [2.05, 4.69) is 36.6 Å². The largest absolute Gasteiger partial charge is 0.330 e. The Morgan fingerprint density at radius 2 is 2.18 bits per heavy atom. The van der Waals surface area contributed by atoms with Crippen LogP contribution in [0.15, 0.2) is 12.5 Å². The van der Waals surface area contributed by atoms with Crippen molar-refractivity contribution in [2.24, 2.45) is 11.7 Å². The van der Waals surface area contributed by atoms with Crippen molar-refractivity contribution in [1.29, 1.82) is 0 Å². The van der Waals surface area contributed by atoms with Crippen molar-refractivity contribution in [3.8, 4) is 0 Å². The summed E-state index contributed by atoms with van der Waals surface area (Å²) in [6.45, 7) is 7.38. The summed E-state index contributed by atoms with van der Waals surface area (Å²) in [5.41, 5.74) is 7.20. The van der Waals surface area contributed by atoms with Crippen LogP contribution in [0.2, 0.25) is 0 Å². The van der Waals surface area contributed by atoms with Gasteiger partial charge in [-0.3, -0.25) is 0 Å². The van der Waals surface area contributed by atoms with Gasteiger partial charge in [-0.25, -0.2) is 4.98 Å². The van der Waals surface area contributed by atoms with Crippen LogP contribution in [0.1, 0.15) is 44.8 Å². The molecule has 1 rings (SSSR count). The van der Waals surface area contributed by atoms with Crippen LogP contribution >= 0.6 is 11.8 Å². The molecule has 4 heteroatoms. The molecule has 0 aliphatic carbocycles. The smallest absolute Gasteiger partial charge is 0.0951 e. The van der Waals surface area contributed by atoms with Crippen LogP contribution in [0.3, 0.4) is 0 Å². The molecule has 2 atom stereocenters. The highest BCUT2D eigenvalue weighted by molar-refractivity contribution is 7.98. The molecule has 98 valence electrons. The van der Waals surface area contributed by atoms with E-state index in [9.17, 15) is 0 Å². The van der Waals surface area contributed by atoms with E-state index in [0.717, 1.165) is 12.2 Å². The Bertz CT molecular complexity index is 322. The molecule has 0 saturated carbocycles. The molecule has 0 amide bonds. The molecule has 0 radical (unpaired) electrons. The van der Waals surface area contributed by atoms with Crippen molar-refractivity contribution in [3.63, 3.8) is 0 Å². The normalized spacial score (nSPS) is 15.2. The number of hydrogen-bond donors (Lipinski definition) is 1. The molecule has 1 aromatic heterocycles. The van der Waals surface area contributed by atoms with E-state index in [1.807, 2.05) is 24.3 Å². The van der Waals surface area contributed by atoms with Gasteiger partial charge in [0.2, 0.25) is 0 Å². The summed E-state index contributed by atoms with van der Waals surface area (Å²) in [6.07, 6.45) is 7.24. The zero-order valence-electron chi connectivity index (χ0n) is 11.4. The average molecular weight is 255 g/mol. The van der Waals surface area contributed by atoms with Gasteiger partial charge in [0.05, 0.1) is 6.33 Å². The van der Waals surface area contributed by atoms with E-state index in [1.54, 1.807) is 0 Å². The van der Waals surface area contributed by atoms with E-state index in [0.29, 0.717) is 24.4 Å². The Hall–Kier alpha value is -0.480. The quantitative estimate of drug-likeness (QED) is 0.814. The number of aromatic nitrogens is 2. The minimum absolute atomic E-state index is 0.411. The van der Waals surface area contributed by atoms with Gasteiger partial charge in [0.15, 0.2) is 0 Å². The number of nitrogens with two attached hydrogens (primary N) is 1. The second-order valence-electron chi connectivity index (χ2n) is 4.83. The molecule has 2 unspecified atom stereocenters. The van der Waals surface area contributed by atoms with Gasteiger partial charge in [0.1, 0.15) is 0 Å². The molecular formula is C13H25N3S. The second-order valence-corrected chi connectivity index (χ2v) is 5.74. The van der Waals surface area contributed by atoms with Crippen LogP contribution in [-0.2, 0) is 0 Å². The predicted molar refractivity (Wildman–Crippen MR) is 76.6 cm³/mol. The van der Waals surface area contributed by atoms with Crippen molar-refractivity contribution >= 4 is 11.8 Å². The third-order valence-corrected chi connectivity index (χ3v) is 4.08. The first-order valence-electron chi connectivity index (χ1n) is 6.36. The molecule has 0 aromatic carbocycles. The lowest BCUT2D eigenvalue weighted by atomic mass is 9.92. The number of imidazole rings is 1. The van der Waals surface area contributed by atoms with Crippen LogP contribution < -0.4 is 5.73 Å². The average Bonchev–Trinajstić information content (AvgIpc) is 2.75. The van der Waals surface area contributed by atoms with Crippen LogP contribution in [-0.4, -0.2) is 28.1 Å². The van der Waals surface area contributed by atoms with Gasteiger partial charge in [-0.05, 0) is 18.6 Å². The van der Waals surface area contributed by atoms with Crippen molar-refractivity contribution < 1.29 is 0 Å². The predicted octanol–water partition coefficient (Wildman–Crippen LogP) is 2.90. The summed E-state index contributed by atoms with van der Waals surface area (Å²) in [7, 11) is 0. The van der Waals surface area contributed by atoms with Crippen LogP contribution in [0, 0.1) is 5.92 Å². The molecule has 17 heavy (non-hydrogen) atoms. The minimum atomic E-state index is 0.411. The van der Waals surface area contributed by atoms with Crippen molar-refractivity contribution in [2.75, 3.05) is 18.6 Å². The summed E-state index contributed by atoms with van der Waals surface area (Å²) < 4.78 is 2.33. The lowest BCUT2D eigenvalue weighted by Gasteiger charge is -2.25. The highest BCUT2D eigenvalue weighted by Crippen LogP contribution is 2.27. The Morgan fingerprint density at radius 3 is 2.65 bits per heavy atom. The first kappa shape index (κ1) is 14.6. The Labute approximate surface area is 109 Å². The van der Waals surface area contributed by atoms with Gasteiger partial charge in [0, 0.05) is 36.1 Å². The lowest BCUT2D eigenvalue weighted by Crippen LogP contribution is -2.23. The molecular weight excluding hydrogens is 230 g/mol. The maximum atomic E-state index is 5.90. The first-order valence-corrected chi connectivity index (χ1v) is 7.75. The number of hydrogen-bond acceptors (Lipinski definition) is 3. The molecule has 0 saturated heterocycles. The van der Waals surface area contributed by atoms with Crippen molar-refractivity contribution in [2.45, 2.75) is 39.2 Å². The SMILES string of the molecule is CCC(CSC)n1cncc1C(CN)C(C)C. The van der Waals surface area contributed by atoms with Gasteiger partial charge < -0.3 is 10.3 Å². The monoisotopic (exact) mass is 255 g/mol. The summed E-state index contributed by atoms with van der Waals surface area (Å²) in [5.74, 6) is 2.10. The minimum Gasteiger partial charge on any atom is -0.330 e. The summed E-state index contributed by atoms with van der Waals surface area (Å²) in [5, 5.41) is 0. The van der Waals surface area contributed by atoms with Gasteiger partial charge in [0.25, 0.3) is 0 Å².